The standard InChI is InChI=1S/C16H25BrN2/c1-2-3-4-9-16(19-12-10-18-11-13-19)14-7-5-6-8-15(14)17/h5-8,16,18H,2-4,9-13H2,1H3/t16-/m1/s1. The summed E-state index contributed by atoms with van der Waals surface area (Å²) in [5.74, 6) is 0. The van der Waals surface area contributed by atoms with Gasteiger partial charge in [-0.2, -0.15) is 0 Å². The van der Waals surface area contributed by atoms with Gasteiger partial charge in [-0.15, -0.1) is 0 Å². The van der Waals surface area contributed by atoms with Gasteiger partial charge in [0.05, 0.1) is 0 Å². The molecule has 1 N–H and O–H groups in total. The quantitative estimate of drug-likeness (QED) is 0.796. The van der Waals surface area contributed by atoms with Crippen molar-refractivity contribution in [3.8, 4) is 0 Å². The normalized spacial score (nSPS) is 18.4. The van der Waals surface area contributed by atoms with E-state index in [2.05, 4.69) is 57.3 Å². The molecule has 3 heteroatoms. The van der Waals surface area contributed by atoms with Crippen molar-refractivity contribution in [2.45, 2.75) is 38.6 Å². The molecule has 1 fully saturated rings. The van der Waals surface area contributed by atoms with Gasteiger partial charge in [-0.05, 0) is 18.1 Å². The van der Waals surface area contributed by atoms with E-state index in [1.807, 2.05) is 0 Å². The van der Waals surface area contributed by atoms with E-state index in [1.165, 1.54) is 35.7 Å². The Morgan fingerprint density at radius 2 is 1.95 bits per heavy atom. The van der Waals surface area contributed by atoms with E-state index < -0.39 is 0 Å². The molecule has 1 aliphatic heterocycles. The van der Waals surface area contributed by atoms with Crippen LogP contribution in [-0.4, -0.2) is 31.1 Å². The third-order valence-corrected chi connectivity index (χ3v) is 4.66. The molecule has 0 bridgehead atoms. The van der Waals surface area contributed by atoms with Gasteiger partial charge in [0.15, 0.2) is 0 Å². The van der Waals surface area contributed by atoms with Crippen LogP contribution in [-0.2, 0) is 0 Å². The molecule has 0 saturated carbocycles. The predicted molar refractivity (Wildman–Crippen MR) is 85.5 cm³/mol. The predicted octanol–water partition coefficient (Wildman–Crippen LogP) is 3.98. The highest BCUT2D eigenvalue weighted by molar-refractivity contribution is 9.10. The van der Waals surface area contributed by atoms with Crippen molar-refractivity contribution in [1.29, 1.82) is 0 Å². The van der Waals surface area contributed by atoms with Gasteiger partial charge in [0.1, 0.15) is 0 Å². The molecule has 0 amide bonds. The molecule has 1 atom stereocenters. The van der Waals surface area contributed by atoms with Gasteiger partial charge in [-0.1, -0.05) is 60.3 Å². The first-order valence-corrected chi connectivity index (χ1v) is 8.31. The van der Waals surface area contributed by atoms with E-state index in [4.69, 9.17) is 0 Å². The topological polar surface area (TPSA) is 15.3 Å². The number of nitrogens with one attached hydrogen (secondary N) is 1. The number of rotatable bonds is 6. The Kier molecular flexibility index (Phi) is 6.35. The van der Waals surface area contributed by atoms with Gasteiger partial charge in [-0.3, -0.25) is 4.90 Å². The molecular formula is C16H25BrN2. The number of hydrogen-bond donors (Lipinski definition) is 1. The van der Waals surface area contributed by atoms with Crippen LogP contribution in [0.25, 0.3) is 0 Å². The Morgan fingerprint density at radius 1 is 1.21 bits per heavy atom. The number of unbranched alkanes of at least 4 members (excludes halogenated alkanes) is 2. The maximum atomic E-state index is 3.73. The first kappa shape index (κ1) is 15.0. The van der Waals surface area contributed by atoms with E-state index >= 15 is 0 Å². The van der Waals surface area contributed by atoms with E-state index in [9.17, 15) is 0 Å². The molecule has 0 aliphatic carbocycles. The summed E-state index contributed by atoms with van der Waals surface area (Å²) in [6.45, 7) is 6.85. The fraction of sp³-hybridized carbons (Fsp3) is 0.625. The summed E-state index contributed by atoms with van der Waals surface area (Å²) in [5.41, 5.74) is 1.46. The van der Waals surface area contributed by atoms with E-state index in [0.717, 1.165) is 26.2 Å². The number of nitrogens with zero attached hydrogens (tertiary/aromatic N) is 1. The van der Waals surface area contributed by atoms with Gasteiger partial charge in [0.25, 0.3) is 0 Å². The Bertz CT molecular complexity index is 375. The number of halogens is 1. The molecule has 1 saturated heterocycles. The van der Waals surface area contributed by atoms with Crippen molar-refractivity contribution in [3.05, 3.63) is 34.3 Å². The van der Waals surface area contributed by atoms with Crippen LogP contribution in [0.4, 0.5) is 0 Å². The first-order valence-electron chi connectivity index (χ1n) is 7.52. The molecule has 0 radical (unpaired) electrons. The second kappa shape index (κ2) is 8.03. The molecule has 106 valence electrons. The summed E-state index contributed by atoms with van der Waals surface area (Å²) < 4.78 is 1.26. The van der Waals surface area contributed by atoms with Gasteiger partial charge in [-0.25, -0.2) is 0 Å². The number of piperazine rings is 1. The highest BCUT2D eigenvalue weighted by Crippen LogP contribution is 2.32. The molecular weight excluding hydrogens is 300 g/mol. The van der Waals surface area contributed by atoms with Crippen molar-refractivity contribution in [2.75, 3.05) is 26.2 Å². The van der Waals surface area contributed by atoms with Crippen LogP contribution < -0.4 is 5.32 Å². The summed E-state index contributed by atoms with van der Waals surface area (Å²) >= 11 is 3.73. The lowest BCUT2D eigenvalue weighted by Gasteiger charge is -2.35. The summed E-state index contributed by atoms with van der Waals surface area (Å²) in [4.78, 5) is 2.65. The average Bonchev–Trinajstić information content (AvgIpc) is 2.46. The van der Waals surface area contributed by atoms with Crippen LogP contribution in [0.2, 0.25) is 0 Å². The fourth-order valence-corrected chi connectivity index (χ4v) is 3.41. The van der Waals surface area contributed by atoms with Crippen LogP contribution in [0, 0.1) is 0 Å². The van der Waals surface area contributed by atoms with Crippen molar-refractivity contribution in [2.24, 2.45) is 0 Å². The summed E-state index contributed by atoms with van der Waals surface area (Å²) in [7, 11) is 0. The molecule has 2 nitrogen and oxygen atoms in total. The SMILES string of the molecule is CCCCC[C@H](c1ccccc1Br)N1CCNCC1. The highest BCUT2D eigenvalue weighted by atomic mass is 79.9. The van der Waals surface area contributed by atoms with Crippen LogP contribution >= 0.6 is 15.9 Å². The molecule has 1 aromatic rings. The monoisotopic (exact) mass is 324 g/mol. The number of benzene rings is 1. The summed E-state index contributed by atoms with van der Waals surface area (Å²) in [5, 5.41) is 3.45. The molecule has 1 heterocycles. The minimum atomic E-state index is 0.573. The zero-order chi connectivity index (χ0) is 13.5. The fourth-order valence-electron chi connectivity index (χ4n) is 2.86. The largest absolute Gasteiger partial charge is 0.314 e. The third kappa shape index (κ3) is 4.30. The summed E-state index contributed by atoms with van der Waals surface area (Å²) in [6, 6.07) is 9.29. The van der Waals surface area contributed by atoms with Crippen molar-refractivity contribution in [1.82, 2.24) is 10.2 Å². The van der Waals surface area contributed by atoms with Gasteiger partial charge >= 0.3 is 0 Å². The second-order valence-corrected chi connectivity index (χ2v) is 6.17. The van der Waals surface area contributed by atoms with Crippen LogP contribution in [0.3, 0.4) is 0 Å². The molecule has 2 rings (SSSR count). The van der Waals surface area contributed by atoms with Crippen LogP contribution in [0.5, 0.6) is 0 Å². The molecule has 1 aliphatic rings. The number of hydrogen-bond acceptors (Lipinski definition) is 2. The lowest BCUT2D eigenvalue weighted by molar-refractivity contribution is 0.162. The third-order valence-electron chi connectivity index (χ3n) is 3.94. The van der Waals surface area contributed by atoms with Gasteiger partial charge < -0.3 is 5.32 Å². The summed E-state index contributed by atoms with van der Waals surface area (Å²) in [6.07, 6.45) is 5.24. The Hall–Kier alpha value is -0.380. The van der Waals surface area contributed by atoms with Crippen molar-refractivity contribution >= 4 is 15.9 Å². The zero-order valence-electron chi connectivity index (χ0n) is 11.9. The average molecular weight is 325 g/mol. The van der Waals surface area contributed by atoms with Gasteiger partial charge in [0, 0.05) is 36.7 Å². The smallest absolute Gasteiger partial charge is 0.0360 e. The molecule has 0 aromatic heterocycles. The molecule has 19 heavy (non-hydrogen) atoms. The van der Waals surface area contributed by atoms with E-state index in [-0.39, 0.29) is 0 Å². The Labute approximate surface area is 125 Å². The highest BCUT2D eigenvalue weighted by Gasteiger charge is 2.23. The lowest BCUT2D eigenvalue weighted by atomic mass is 9.98. The minimum absolute atomic E-state index is 0.573. The minimum Gasteiger partial charge on any atom is -0.314 e. The molecule has 0 unspecified atom stereocenters. The van der Waals surface area contributed by atoms with Crippen molar-refractivity contribution in [3.63, 3.8) is 0 Å². The zero-order valence-corrected chi connectivity index (χ0v) is 13.5. The van der Waals surface area contributed by atoms with E-state index in [1.54, 1.807) is 0 Å². The van der Waals surface area contributed by atoms with Crippen LogP contribution in [0.15, 0.2) is 28.7 Å². The van der Waals surface area contributed by atoms with E-state index in [0.29, 0.717) is 6.04 Å². The lowest BCUT2D eigenvalue weighted by Crippen LogP contribution is -2.45. The van der Waals surface area contributed by atoms with Gasteiger partial charge in [0.2, 0.25) is 0 Å². The van der Waals surface area contributed by atoms with Crippen LogP contribution in [0.1, 0.15) is 44.2 Å². The maximum absolute atomic E-state index is 3.73. The van der Waals surface area contributed by atoms with Crippen molar-refractivity contribution < 1.29 is 0 Å². The second-order valence-electron chi connectivity index (χ2n) is 5.32. The maximum Gasteiger partial charge on any atom is 0.0360 e. The molecule has 0 spiro atoms. The Balaban J connectivity index is 2.10. The first-order chi connectivity index (χ1) is 9.33. The Morgan fingerprint density at radius 3 is 2.63 bits per heavy atom. The molecule has 1 aromatic carbocycles.